The Kier molecular flexibility index (Phi) is 7.11. The molecule has 0 saturated heterocycles. The summed E-state index contributed by atoms with van der Waals surface area (Å²) in [6, 6.07) is 8.56. The smallest absolute Gasteiger partial charge is 0.274 e. The number of para-hydroxylation sites is 1. The summed E-state index contributed by atoms with van der Waals surface area (Å²) in [6.45, 7) is 4.45. The molecule has 0 aliphatic carbocycles. The van der Waals surface area contributed by atoms with Crippen molar-refractivity contribution in [2.45, 2.75) is 33.5 Å². The van der Waals surface area contributed by atoms with E-state index in [1.807, 2.05) is 24.5 Å². The molecule has 0 aliphatic heterocycles. The third-order valence-electron chi connectivity index (χ3n) is 5.75. The molecule has 6 N–H and O–H groups in total. The van der Waals surface area contributed by atoms with E-state index in [9.17, 15) is 14.7 Å². The number of halogens is 1. The second-order valence-corrected chi connectivity index (χ2v) is 8.70. The number of anilines is 2. The molecule has 0 atom stereocenters. The number of hydrogen-bond donors (Lipinski definition) is 4. The standard InChI is InChI=1S/C24H26ClN9O3/c1-4-34-15-7-5-6-13(24(37)33(3)11-14-16(35)9-8-12(2)29-14)18(15)30-17(34)10-28-23(36)19-21(26)32-22(27)20(25)31-19/h5-9,35H,4,10-11H2,1-3H3,(H,28,36)(H4,26,27,32). The van der Waals surface area contributed by atoms with E-state index in [1.54, 1.807) is 31.3 Å². The van der Waals surface area contributed by atoms with Crippen LogP contribution in [0.2, 0.25) is 5.15 Å². The van der Waals surface area contributed by atoms with Gasteiger partial charge in [-0.15, -0.1) is 0 Å². The zero-order chi connectivity index (χ0) is 26.9. The van der Waals surface area contributed by atoms with E-state index in [4.69, 9.17) is 23.1 Å². The Balaban J connectivity index is 1.60. The SMILES string of the molecule is CCn1c(CNC(=O)c2nc(Cl)c(N)nc2N)nc2c(C(=O)N(C)Cc3nc(C)ccc3O)cccc21. The molecule has 3 aromatic heterocycles. The van der Waals surface area contributed by atoms with Gasteiger partial charge in [0.2, 0.25) is 0 Å². The highest BCUT2D eigenvalue weighted by Gasteiger charge is 2.22. The molecule has 3 heterocycles. The number of aryl methyl sites for hydroxylation is 2. The molecule has 0 fully saturated rings. The number of rotatable bonds is 7. The lowest BCUT2D eigenvalue weighted by molar-refractivity contribution is 0.0784. The summed E-state index contributed by atoms with van der Waals surface area (Å²) in [7, 11) is 1.63. The number of aromatic hydroxyl groups is 1. The van der Waals surface area contributed by atoms with Gasteiger partial charge >= 0.3 is 0 Å². The third-order valence-corrected chi connectivity index (χ3v) is 6.03. The number of nitrogens with one attached hydrogen (secondary N) is 1. The Hall–Kier alpha value is -4.45. The van der Waals surface area contributed by atoms with Crippen molar-refractivity contribution in [1.29, 1.82) is 0 Å². The maximum absolute atomic E-state index is 13.4. The molecule has 4 aromatic rings. The Morgan fingerprint density at radius 1 is 1.11 bits per heavy atom. The number of fused-ring (bicyclic) bond motifs is 1. The summed E-state index contributed by atoms with van der Waals surface area (Å²) < 4.78 is 1.89. The average molecular weight is 524 g/mol. The van der Waals surface area contributed by atoms with E-state index in [1.165, 1.54) is 4.90 Å². The second kappa shape index (κ2) is 10.3. The van der Waals surface area contributed by atoms with Gasteiger partial charge in [-0.25, -0.2) is 15.0 Å². The van der Waals surface area contributed by atoms with Crippen LogP contribution in [0.1, 0.15) is 45.0 Å². The van der Waals surface area contributed by atoms with Crippen molar-refractivity contribution in [2.24, 2.45) is 0 Å². The number of imidazole rings is 1. The van der Waals surface area contributed by atoms with Crippen LogP contribution in [-0.2, 0) is 19.6 Å². The zero-order valence-corrected chi connectivity index (χ0v) is 21.2. The summed E-state index contributed by atoms with van der Waals surface area (Å²) in [5.41, 5.74) is 13.9. The zero-order valence-electron chi connectivity index (χ0n) is 20.5. The van der Waals surface area contributed by atoms with Crippen LogP contribution in [0.4, 0.5) is 11.6 Å². The normalized spacial score (nSPS) is 11.0. The first-order valence-electron chi connectivity index (χ1n) is 11.4. The average Bonchev–Trinajstić information content (AvgIpc) is 3.24. The molecule has 0 saturated carbocycles. The maximum Gasteiger partial charge on any atom is 0.274 e. The Labute approximate surface area is 217 Å². The van der Waals surface area contributed by atoms with Crippen LogP contribution in [-0.4, -0.2) is 53.4 Å². The van der Waals surface area contributed by atoms with Gasteiger partial charge in [-0.1, -0.05) is 17.7 Å². The minimum atomic E-state index is -0.594. The minimum Gasteiger partial charge on any atom is -0.506 e. The van der Waals surface area contributed by atoms with Crippen LogP contribution in [0, 0.1) is 6.92 Å². The van der Waals surface area contributed by atoms with Crippen molar-refractivity contribution in [2.75, 3.05) is 18.5 Å². The van der Waals surface area contributed by atoms with E-state index in [-0.39, 0.29) is 47.2 Å². The molecule has 0 spiro atoms. The molecule has 0 unspecified atom stereocenters. The molecule has 0 radical (unpaired) electrons. The van der Waals surface area contributed by atoms with Gasteiger partial charge in [-0.05, 0) is 38.1 Å². The van der Waals surface area contributed by atoms with Gasteiger partial charge in [0.05, 0.1) is 24.2 Å². The molecule has 4 rings (SSSR count). The van der Waals surface area contributed by atoms with Crippen molar-refractivity contribution in [1.82, 2.24) is 34.7 Å². The first kappa shape index (κ1) is 25.6. The number of amides is 2. The second-order valence-electron chi connectivity index (χ2n) is 8.34. The first-order valence-corrected chi connectivity index (χ1v) is 11.7. The number of nitrogen functional groups attached to an aromatic ring is 2. The van der Waals surface area contributed by atoms with Crippen molar-refractivity contribution < 1.29 is 14.7 Å². The molecule has 1 aromatic carbocycles. The molecule has 13 heteroatoms. The van der Waals surface area contributed by atoms with Gasteiger partial charge in [0.15, 0.2) is 22.5 Å². The minimum absolute atomic E-state index is 0.0180. The van der Waals surface area contributed by atoms with E-state index in [2.05, 4.69) is 25.3 Å². The van der Waals surface area contributed by atoms with Crippen LogP contribution in [0.3, 0.4) is 0 Å². The van der Waals surface area contributed by atoms with Gasteiger partial charge in [0.25, 0.3) is 11.8 Å². The molecule has 37 heavy (non-hydrogen) atoms. The van der Waals surface area contributed by atoms with Gasteiger partial charge in [0, 0.05) is 19.3 Å². The number of carbonyl (C=O) groups excluding carboxylic acids is 2. The Bertz CT molecular complexity index is 1520. The van der Waals surface area contributed by atoms with Crippen molar-refractivity contribution in [3.8, 4) is 5.75 Å². The predicted octanol–water partition coefficient (Wildman–Crippen LogP) is 2.28. The van der Waals surface area contributed by atoms with E-state index in [0.717, 1.165) is 11.2 Å². The molecule has 0 aliphatic rings. The lowest BCUT2D eigenvalue weighted by Crippen LogP contribution is -2.27. The fourth-order valence-corrected chi connectivity index (χ4v) is 4.06. The highest BCUT2D eigenvalue weighted by Crippen LogP contribution is 2.24. The van der Waals surface area contributed by atoms with Gasteiger partial charge < -0.3 is 31.4 Å². The summed E-state index contributed by atoms with van der Waals surface area (Å²) in [6.07, 6.45) is 0. The number of aromatic nitrogens is 5. The third kappa shape index (κ3) is 5.09. The molecule has 0 bridgehead atoms. The van der Waals surface area contributed by atoms with E-state index < -0.39 is 5.91 Å². The van der Waals surface area contributed by atoms with E-state index in [0.29, 0.717) is 29.1 Å². The quantitative estimate of drug-likeness (QED) is 0.282. The predicted molar refractivity (Wildman–Crippen MR) is 139 cm³/mol. The number of pyridine rings is 1. The molecule has 12 nitrogen and oxygen atoms in total. The number of nitrogens with zero attached hydrogens (tertiary/aromatic N) is 6. The van der Waals surface area contributed by atoms with Crippen molar-refractivity contribution in [3.05, 3.63) is 64.0 Å². The largest absolute Gasteiger partial charge is 0.506 e. The van der Waals surface area contributed by atoms with Gasteiger partial charge in [0.1, 0.15) is 22.8 Å². The summed E-state index contributed by atoms with van der Waals surface area (Å²) in [5, 5.41) is 12.7. The van der Waals surface area contributed by atoms with Gasteiger partial charge in [-0.3, -0.25) is 14.6 Å². The van der Waals surface area contributed by atoms with Crippen LogP contribution in [0.25, 0.3) is 11.0 Å². The molecule has 2 amide bonds. The highest BCUT2D eigenvalue weighted by atomic mass is 35.5. The molecular formula is C24H26ClN9O3. The van der Waals surface area contributed by atoms with Crippen LogP contribution in [0.15, 0.2) is 30.3 Å². The van der Waals surface area contributed by atoms with Crippen molar-refractivity contribution in [3.63, 3.8) is 0 Å². The highest BCUT2D eigenvalue weighted by molar-refractivity contribution is 6.31. The fraction of sp³-hybridized carbons (Fsp3) is 0.250. The lowest BCUT2D eigenvalue weighted by Gasteiger charge is -2.18. The van der Waals surface area contributed by atoms with Crippen molar-refractivity contribution >= 4 is 46.1 Å². The Morgan fingerprint density at radius 2 is 1.86 bits per heavy atom. The number of carbonyl (C=O) groups is 2. The number of benzene rings is 1. The first-order chi connectivity index (χ1) is 17.6. The molecule has 192 valence electrons. The van der Waals surface area contributed by atoms with Crippen LogP contribution >= 0.6 is 11.6 Å². The lowest BCUT2D eigenvalue weighted by atomic mass is 10.1. The fourth-order valence-electron chi connectivity index (χ4n) is 3.93. The topological polar surface area (TPSA) is 178 Å². The number of hydrogen-bond acceptors (Lipinski definition) is 9. The number of nitrogens with two attached hydrogens (primary N) is 2. The van der Waals surface area contributed by atoms with Gasteiger partial charge in [-0.2, -0.15) is 0 Å². The summed E-state index contributed by atoms with van der Waals surface area (Å²) in [5.74, 6) is -0.552. The molecular weight excluding hydrogens is 498 g/mol. The summed E-state index contributed by atoms with van der Waals surface area (Å²) in [4.78, 5) is 44.2. The maximum atomic E-state index is 13.4. The van der Waals surface area contributed by atoms with E-state index >= 15 is 0 Å². The summed E-state index contributed by atoms with van der Waals surface area (Å²) >= 11 is 5.88. The van der Waals surface area contributed by atoms with Crippen LogP contribution < -0.4 is 16.8 Å². The monoisotopic (exact) mass is 523 g/mol. The van der Waals surface area contributed by atoms with Crippen LogP contribution in [0.5, 0.6) is 5.75 Å². The Morgan fingerprint density at radius 3 is 2.59 bits per heavy atom.